The molecular formula is C16H18ClN3O3. The van der Waals surface area contributed by atoms with Gasteiger partial charge in [-0.05, 0) is 31.0 Å². The van der Waals surface area contributed by atoms with Crippen LogP contribution in [0.25, 0.3) is 11.1 Å². The molecule has 0 spiro atoms. The molecule has 1 aromatic heterocycles. The SMILES string of the molecule is O=C(C1CN(c2nc3cc(Cl)ccc3o2)CCO1)N1CCCC1. The van der Waals surface area contributed by atoms with Crippen molar-refractivity contribution in [3.8, 4) is 0 Å². The molecule has 122 valence electrons. The molecule has 2 fully saturated rings. The third-order valence-electron chi connectivity index (χ3n) is 4.37. The van der Waals surface area contributed by atoms with E-state index in [1.54, 1.807) is 12.1 Å². The van der Waals surface area contributed by atoms with Crippen LogP contribution in [-0.2, 0) is 9.53 Å². The third-order valence-corrected chi connectivity index (χ3v) is 4.60. The first-order valence-corrected chi connectivity index (χ1v) is 8.30. The van der Waals surface area contributed by atoms with Crippen LogP contribution in [0.4, 0.5) is 6.01 Å². The average Bonchev–Trinajstić information content (AvgIpc) is 3.23. The summed E-state index contributed by atoms with van der Waals surface area (Å²) in [5.41, 5.74) is 1.42. The fourth-order valence-corrected chi connectivity index (χ4v) is 3.30. The second kappa shape index (κ2) is 6.02. The number of anilines is 1. The molecule has 0 aliphatic carbocycles. The fourth-order valence-electron chi connectivity index (χ4n) is 3.14. The number of benzene rings is 1. The molecule has 0 radical (unpaired) electrons. The van der Waals surface area contributed by atoms with E-state index in [0.717, 1.165) is 31.4 Å². The summed E-state index contributed by atoms with van der Waals surface area (Å²) in [5.74, 6) is 0.0753. The first-order chi connectivity index (χ1) is 11.2. The van der Waals surface area contributed by atoms with Crippen molar-refractivity contribution < 1.29 is 13.9 Å². The normalized spacial score (nSPS) is 22.0. The van der Waals surface area contributed by atoms with E-state index in [4.69, 9.17) is 20.8 Å². The molecule has 1 amide bonds. The predicted molar refractivity (Wildman–Crippen MR) is 86.8 cm³/mol. The van der Waals surface area contributed by atoms with Crippen LogP contribution in [0.2, 0.25) is 5.02 Å². The molecule has 3 heterocycles. The standard InChI is InChI=1S/C16H18ClN3O3/c17-11-3-4-13-12(9-11)18-16(23-13)20-7-8-22-14(10-20)15(21)19-5-1-2-6-19/h3-4,9,14H,1-2,5-8,10H2. The molecule has 6 nitrogen and oxygen atoms in total. The molecule has 2 aliphatic rings. The number of fused-ring (bicyclic) bond motifs is 1. The van der Waals surface area contributed by atoms with E-state index in [1.165, 1.54) is 0 Å². The maximum atomic E-state index is 12.5. The van der Waals surface area contributed by atoms with Gasteiger partial charge < -0.3 is 19.0 Å². The lowest BCUT2D eigenvalue weighted by Gasteiger charge is -2.33. The van der Waals surface area contributed by atoms with Crippen molar-refractivity contribution in [2.45, 2.75) is 18.9 Å². The molecule has 1 aromatic carbocycles. The summed E-state index contributed by atoms with van der Waals surface area (Å²) in [4.78, 5) is 20.8. The molecule has 0 bridgehead atoms. The van der Waals surface area contributed by atoms with Gasteiger partial charge in [0, 0.05) is 24.7 Å². The Morgan fingerprint density at radius 2 is 2.09 bits per heavy atom. The van der Waals surface area contributed by atoms with Gasteiger partial charge in [-0.15, -0.1) is 0 Å². The number of amides is 1. The lowest BCUT2D eigenvalue weighted by atomic mass is 10.2. The third kappa shape index (κ3) is 2.88. The van der Waals surface area contributed by atoms with Gasteiger partial charge in [0.2, 0.25) is 0 Å². The zero-order chi connectivity index (χ0) is 15.8. The van der Waals surface area contributed by atoms with E-state index < -0.39 is 6.10 Å². The van der Waals surface area contributed by atoms with E-state index in [-0.39, 0.29) is 5.91 Å². The molecule has 0 N–H and O–H groups in total. The number of hydrogen-bond donors (Lipinski definition) is 0. The summed E-state index contributed by atoms with van der Waals surface area (Å²) >= 11 is 5.99. The monoisotopic (exact) mass is 335 g/mol. The second-order valence-electron chi connectivity index (χ2n) is 5.95. The minimum absolute atomic E-state index is 0.0753. The number of nitrogens with zero attached hydrogens (tertiary/aromatic N) is 3. The van der Waals surface area contributed by atoms with Crippen molar-refractivity contribution in [1.82, 2.24) is 9.88 Å². The molecule has 2 aliphatic heterocycles. The fraction of sp³-hybridized carbons (Fsp3) is 0.500. The zero-order valence-electron chi connectivity index (χ0n) is 12.7. The van der Waals surface area contributed by atoms with Gasteiger partial charge in [0.1, 0.15) is 5.52 Å². The Morgan fingerprint density at radius 3 is 2.91 bits per heavy atom. The number of halogens is 1. The molecule has 7 heteroatoms. The number of likely N-dealkylation sites (tertiary alicyclic amines) is 1. The highest BCUT2D eigenvalue weighted by Gasteiger charge is 2.32. The summed E-state index contributed by atoms with van der Waals surface area (Å²) < 4.78 is 11.5. The number of rotatable bonds is 2. The highest BCUT2D eigenvalue weighted by atomic mass is 35.5. The van der Waals surface area contributed by atoms with Crippen molar-refractivity contribution in [2.24, 2.45) is 0 Å². The van der Waals surface area contributed by atoms with Gasteiger partial charge in [-0.1, -0.05) is 11.6 Å². The number of morpholine rings is 1. The van der Waals surface area contributed by atoms with Gasteiger partial charge >= 0.3 is 0 Å². The molecule has 0 saturated carbocycles. The Bertz CT molecular complexity index is 726. The summed E-state index contributed by atoms with van der Waals surface area (Å²) in [6.45, 7) is 3.28. The van der Waals surface area contributed by atoms with Gasteiger partial charge in [-0.2, -0.15) is 4.98 Å². The van der Waals surface area contributed by atoms with Gasteiger partial charge in [0.25, 0.3) is 11.9 Å². The Kier molecular flexibility index (Phi) is 3.87. The first kappa shape index (κ1) is 14.8. The topological polar surface area (TPSA) is 58.8 Å². The van der Waals surface area contributed by atoms with Crippen LogP contribution in [0.15, 0.2) is 22.6 Å². The van der Waals surface area contributed by atoms with E-state index in [9.17, 15) is 4.79 Å². The quantitative estimate of drug-likeness (QED) is 0.843. The average molecular weight is 336 g/mol. The molecule has 2 saturated heterocycles. The summed E-state index contributed by atoms with van der Waals surface area (Å²) in [5, 5.41) is 0.626. The van der Waals surface area contributed by atoms with E-state index in [0.29, 0.717) is 36.3 Å². The Labute approximate surface area is 138 Å². The Morgan fingerprint density at radius 1 is 1.26 bits per heavy atom. The molecule has 1 atom stereocenters. The number of carbonyl (C=O) groups excluding carboxylic acids is 1. The molecular weight excluding hydrogens is 318 g/mol. The Hall–Kier alpha value is -1.79. The summed E-state index contributed by atoms with van der Waals surface area (Å²) in [6.07, 6.45) is 1.71. The maximum Gasteiger partial charge on any atom is 0.298 e. The van der Waals surface area contributed by atoms with Crippen LogP contribution in [0, 0.1) is 0 Å². The number of carbonyl (C=O) groups is 1. The van der Waals surface area contributed by atoms with Crippen molar-refractivity contribution in [3.05, 3.63) is 23.2 Å². The van der Waals surface area contributed by atoms with Crippen LogP contribution in [0.1, 0.15) is 12.8 Å². The molecule has 4 rings (SSSR count). The maximum absolute atomic E-state index is 12.5. The van der Waals surface area contributed by atoms with E-state index >= 15 is 0 Å². The first-order valence-electron chi connectivity index (χ1n) is 7.92. The predicted octanol–water partition coefficient (Wildman–Crippen LogP) is 2.31. The van der Waals surface area contributed by atoms with Crippen LogP contribution in [0.3, 0.4) is 0 Å². The highest BCUT2D eigenvalue weighted by molar-refractivity contribution is 6.31. The van der Waals surface area contributed by atoms with Crippen LogP contribution in [0.5, 0.6) is 0 Å². The van der Waals surface area contributed by atoms with Gasteiger partial charge in [0.05, 0.1) is 13.2 Å². The number of hydrogen-bond acceptors (Lipinski definition) is 5. The van der Waals surface area contributed by atoms with Gasteiger partial charge in [-0.25, -0.2) is 0 Å². The highest BCUT2D eigenvalue weighted by Crippen LogP contribution is 2.26. The zero-order valence-corrected chi connectivity index (χ0v) is 13.5. The van der Waals surface area contributed by atoms with Crippen LogP contribution in [-0.4, -0.2) is 54.7 Å². The van der Waals surface area contributed by atoms with Crippen molar-refractivity contribution in [3.63, 3.8) is 0 Å². The summed E-state index contributed by atoms with van der Waals surface area (Å²) in [6, 6.07) is 5.88. The number of ether oxygens (including phenoxy) is 1. The van der Waals surface area contributed by atoms with E-state index in [2.05, 4.69) is 4.98 Å². The Balaban J connectivity index is 1.52. The van der Waals surface area contributed by atoms with E-state index in [1.807, 2.05) is 15.9 Å². The summed E-state index contributed by atoms with van der Waals surface area (Å²) in [7, 11) is 0. The van der Waals surface area contributed by atoms with Crippen molar-refractivity contribution >= 4 is 34.6 Å². The van der Waals surface area contributed by atoms with Crippen molar-refractivity contribution in [1.29, 1.82) is 0 Å². The molecule has 23 heavy (non-hydrogen) atoms. The molecule has 1 unspecified atom stereocenters. The minimum atomic E-state index is -0.444. The smallest absolute Gasteiger partial charge is 0.298 e. The largest absolute Gasteiger partial charge is 0.423 e. The van der Waals surface area contributed by atoms with Gasteiger partial charge in [-0.3, -0.25) is 4.79 Å². The number of oxazole rings is 1. The molecule has 2 aromatic rings. The van der Waals surface area contributed by atoms with Gasteiger partial charge in [0.15, 0.2) is 11.7 Å². The van der Waals surface area contributed by atoms with Crippen molar-refractivity contribution in [2.75, 3.05) is 37.7 Å². The number of aromatic nitrogens is 1. The lowest BCUT2D eigenvalue weighted by Crippen LogP contribution is -2.50. The minimum Gasteiger partial charge on any atom is -0.423 e. The van der Waals surface area contributed by atoms with Crippen LogP contribution >= 0.6 is 11.6 Å². The van der Waals surface area contributed by atoms with Crippen LogP contribution < -0.4 is 4.90 Å². The lowest BCUT2D eigenvalue weighted by molar-refractivity contribution is -0.143. The second-order valence-corrected chi connectivity index (χ2v) is 6.38.